The Balaban J connectivity index is 1.89. The van der Waals surface area contributed by atoms with Crippen LogP contribution in [0.1, 0.15) is 44.9 Å². The summed E-state index contributed by atoms with van der Waals surface area (Å²) in [5.41, 5.74) is 2.65. The molecule has 112 valence electrons. The molecule has 0 aromatic carbocycles. The molecule has 0 radical (unpaired) electrons. The van der Waals surface area contributed by atoms with E-state index >= 15 is 0 Å². The molecule has 0 amide bonds. The normalized spacial score (nSPS) is 18.7. The molecule has 2 heterocycles. The van der Waals surface area contributed by atoms with Crippen LogP contribution in [-0.4, -0.2) is 48.0 Å². The van der Waals surface area contributed by atoms with E-state index in [-0.39, 0.29) is 5.41 Å². The van der Waals surface area contributed by atoms with E-state index in [4.69, 9.17) is 0 Å². The van der Waals surface area contributed by atoms with E-state index in [2.05, 4.69) is 68.0 Å². The van der Waals surface area contributed by atoms with Gasteiger partial charge in [0, 0.05) is 29.9 Å². The van der Waals surface area contributed by atoms with Crippen LogP contribution >= 0.6 is 0 Å². The zero-order valence-corrected chi connectivity index (χ0v) is 13.7. The molecule has 1 aliphatic rings. The van der Waals surface area contributed by atoms with Crippen molar-refractivity contribution in [3.8, 4) is 0 Å². The minimum Gasteiger partial charge on any atom is -0.306 e. The van der Waals surface area contributed by atoms with Crippen molar-refractivity contribution in [2.75, 3.05) is 27.2 Å². The molecule has 1 aromatic heterocycles. The van der Waals surface area contributed by atoms with Gasteiger partial charge in [0.2, 0.25) is 0 Å². The quantitative estimate of drug-likeness (QED) is 0.845. The van der Waals surface area contributed by atoms with Crippen molar-refractivity contribution in [1.82, 2.24) is 14.8 Å². The van der Waals surface area contributed by atoms with Crippen LogP contribution < -0.4 is 0 Å². The summed E-state index contributed by atoms with van der Waals surface area (Å²) in [5, 5.41) is 0. The van der Waals surface area contributed by atoms with Gasteiger partial charge in [0.1, 0.15) is 0 Å². The maximum Gasteiger partial charge on any atom is 0.0457 e. The number of hydrogen-bond donors (Lipinski definition) is 0. The molecule has 0 atom stereocenters. The molecular weight excluding hydrogens is 246 g/mol. The van der Waals surface area contributed by atoms with Gasteiger partial charge in [0.15, 0.2) is 0 Å². The fraction of sp³-hybridized carbons (Fsp3) is 0.706. The molecule has 1 aromatic rings. The second-order valence-electron chi connectivity index (χ2n) is 7.27. The second-order valence-corrected chi connectivity index (χ2v) is 7.27. The van der Waals surface area contributed by atoms with Gasteiger partial charge in [0.05, 0.1) is 0 Å². The molecule has 1 fully saturated rings. The lowest BCUT2D eigenvalue weighted by Gasteiger charge is -2.35. The van der Waals surface area contributed by atoms with Gasteiger partial charge in [-0.25, -0.2) is 0 Å². The molecule has 20 heavy (non-hydrogen) atoms. The summed E-state index contributed by atoms with van der Waals surface area (Å²) in [6, 6.07) is 5.18. The molecule has 0 unspecified atom stereocenters. The van der Waals surface area contributed by atoms with Crippen LogP contribution in [-0.2, 0) is 12.0 Å². The van der Waals surface area contributed by atoms with Crippen molar-refractivity contribution in [2.24, 2.45) is 0 Å². The Morgan fingerprint density at radius 3 is 2.30 bits per heavy atom. The highest BCUT2D eigenvalue weighted by molar-refractivity contribution is 5.19. The van der Waals surface area contributed by atoms with Crippen molar-refractivity contribution < 1.29 is 0 Å². The van der Waals surface area contributed by atoms with E-state index in [1.54, 1.807) is 0 Å². The lowest BCUT2D eigenvalue weighted by molar-refractivity contribution is 0.140. The molecule has 2 rings (SSSR count). The van der Waals surface area contributed by atoms with Crippen LogP contribution in [0.4, 0.5) is 0 Å². The number of pyridine rings is 1. The zero-order chi connectivity index (χ0) is 14.8. The van der Waals surface area contributed by atoms with E-state index in [1.807, 2.05) is 0 Å². The molecule has 0 N–H and O–H groups in total. The van der Waals surface area contributed by atoms with Crippen LogP contribution in [0.3, 0.4) is 0 Å². The average Bonchev–Trinajstić information content (AvgIpc) is 2.39. The van der Waals surface area contributed by atoms with Gasteiger partial charge in [-0.15, -0.1) is 0 Å². The Morgan fingerprint density at radius 1 is 1.20 bits per heavy atom. The number of hydrogen-bond acceptors (Lipinski definition) is 3. The largest absolute Gasteiger partial charge is 0.306 e. The highest BCUT2D eigenvalue weighted by Gasteiger charge is 2.21. The third kappa shape index (κ3) is 4.03. The minimum atomic E-state index is 0.141. The van der Waals surface area contributed by atoms with E-state index in [1.165, 1.54) is 37.2 Å². The van der Waals surface area contributed by atoms with Crippen LogP contribution in [0.25, 0.3) is 0 Å². The Bertz CT molecular complexity index is 409. The Morgan fingerprint density at radius 2 is 1.85 bits per heavy atom. The van der Waals surface area contributed by atoms with Gasteiger partial charge in [-0.1, -0.05) is 26.8 Å². The standard InChI is InChI=1S/C17H29N3/c1-17(2,3)16-7-6-14(12-18-16)13-20-10-8-15(9-11-20)19(4)5/h6-7,12,15H,8-11,13H2,1-5H3. The molecule has 0 aliphatic carbocycles. The molecule has 0 bridgehead atoms. The van der Waals surface area contributed by atoms with Crippen molar-refractivity contribution >= 4 is 0 Å². The molecule has 3 heteroatoms. The lowest BCUT2D eigenvalue weighted by Crippen LogP contribution is -2.41. The summed E-state index contributed by atoms with van der Waals surface area (Å²) in [6.07, 6.45) is 4.61. The fourth-order valence-electron chi connectivity index (χ4n) is 2.81. The number of nitrogens with zero attached hydrogens (tertiary/aromatic N) is 3. The summed E-state index contributed by atoms with van der Waals surface area (Å²) in [4.78, 5) is 9.53. The van der Waals surface area contributed by atoms with Crippen molar-refractivity contribution in [1.29, 1.82) is 0 Å². The molecule has 1 aliphatic heterocycles. The Hall–Kier alpha value is -0.930. The van der Waals surface area contributed by atoms with E-state index in [0.29, 0.717) is 0 Å². The molecule has 0 saturated carbocycles. The number of piperidine rings is 1. The van der Waals surface area contributed by atoms with Gasteiger partial charge in [-0.2, -0.15) is 0 Å². The topological polar surface area (TPSA) is 19.4 Å². The Labute approximate surface area is 124 Å². The first kappa shape index (κ1) is 15.5. The first-order valence-electron chi connectivity index (χ1n) is 7.70. The van der Waals surface area contributed by atoms with E-state index < -0.39 is 0 Å². The monoisotopic (exact) mass is 275 g/mol. The summed E-state index contributed by atoms with van der Waals surface area (Å²) in [7, 11) is 4.38. The van der Waals surface area contributed by atoms with Gasteiger partial charge < -0.3 is 4.90 Å². The Kier molecular flexibility index (Phi) is 4.82. The van der Waals surface area contributed by atoms with Crippen molar-refractivity contribution in [3.63, 3.8) is 0 Å². The molecule has 0 spiro atoms. The van der Waals surface area contributed by atoms with Gasteiger partial charge in [-0.3, -0.25) is 9.88 Å². The second kappa shape index (κ2) is 6.23. The van der Waals surface area contributed by atoms with Crippen molar-refractivity contribution in [2.45, 2.75) is 51.6 Å². The predicted molar refractivity (Wildman–Crippen MR) is 84.9 cm³/mol. The third-order valence-corrected chi connectivity index (χ3v) is 4.29. The third-order valence-electron chi connectivity index (χ3n) is 4.29. The zero-order valence-electron chi connectivity index (χ0n) is 13.7. The SMILES string of the molecule is CN(C)C1CCN(Cc2ccc(C(C)(C)C)nc2)CC1. The first-order chi connectivity index (χ1) is 9.36. The van der Waals surface area contributed by atoms with E-state index in [9.17, 15) is 0 Å². The number of rotatable bonds is 3. The smallest absolute Gasteiger partial charge is 0.0457 e. The number of likely N-dealkylation sites (tertiary alicyclic amines) is 1. The van der Waals surface area contributed by atoms with Gasteiger partial charge in [0.25, 0.3) is 0 Å². The summed E-state index contributed by atoms with van der Waals surface area (Å²) in [6.45, 7) is 10.1. The highest BCUT2D eigenvalue weighted by Crippen LogP contribution is 2.21. The highest BCUT2D eigenvalue weighted by atomic mass is 15.2. The predicted octanol–water partition coefficient (Wildman–Crippen LogP) is 2.91. The van der Waals surface area contributed by atoms with Crippen molar-refractivity contribution in [3.05, 3.63) is 29.6 Å². The number of aromatic nitrogens is 1. The molecular formula is C17H29N3. The molecule has 1 saturated heterocycles. The summed E-state index contributed by atoms with van der Waals surface area (Å²) >= 11 is 0. The van der Waals surface area contributed by atoms with Crippen LogP contribution in [0, 0.1) is 0 Å². The summed E-state index contributed by atoms with van der Waals surface area (Å²) < 4.78 is 0. The van der Waals surface area contributed by atoms with Gasteiger partial charge >= 0.3 is 0 Å². The first-order valence-corrected chi connectivity index (χ1v) is 7.70. The maximum absolute atomic E-state index is 4.62. The minimum absolute atomic E-state index is 0.141. The van der Waals surface area contributed by atoms with Crippen LogP contribution in [0.5, 0.6) is 0 Å². The average molecular weight is 275 g/mol. The lowest BCUT2D eigenvalue weighted by atomic mass is 9.91. The van der Waals surface area contributed by atoms with Gasteiger partial charge in [-0.05, 0) is 51.7 Å². The maximum atomic E-state index is 4.62. The fourth-order valence-corrected chi connectivity index (χ4v) is 2.81. The van der Waals surface area contributed by atoms with E-state index in [0.717, 1.165) is 12.6 Å². The summed E-state index contributed by atoms with van der Waals surface area (Å²) in [5.74, 6) is 0. The molecule has 3 nitrogen and oxygen atoms in total. The van der Waals surface area contributed by atoms with Crippen LogP contribution in [0.2, 0.25) is 0 Å². The van der Waals surface area contributed by atoms with Crippen LogP contribution in [0.15, 0.2) is 18.3 Å².